The molecule has 1 aliphatic heterocycles. The Kier molecular flexibility index (Phi) is 5.36. The fourth-order valence-electron chi connectivity index (χ4n) is 3.63. The maximum atomic E-state index is 12.6. The molecule has 0 saturated carbocycles. The van der Waals surface area contributed by atoms with Gasteiger partial charge in [0.05, 0.1) is 12.1 Å². The summed E-state index contributed by atoms with van der Waals surface area (Å²) >= 11 is 3.46. The molecule has 4 aromatic rings. The lowest BCUT2D eigenvalue weighted by atomic mass is 10.2. The highest BCUT2D eigenvalue weighted by atomic mass is 79.9. The molecule has 1 aliphatic rings. The van der Waals surface area contributed by atoms with Crippen LogP contribution in [0.5, 0.6) is 17.4 Å². The van der Waals surface area contributed by atoms with E-state index in [9.17, 15) is 9.90 Å². The summed E-state index contributed by atoms with van der Waals surface area (Å²) in [4.78, 5) is 12.6. The molecule has 3 aromatic carbocycles. The Labute approximate surface area is 192 Å². The molecule has 160 valence electrons. The summed E-state index contributed by atoms with van der Waals surface area (Å²) in [5.41, 5.74) is 2.03. The van der Waals surface area contributed by atoms with Gasteiger partial charge >= 0.3 is 5.91 Å². The molecule has 7 nitrogen and oxygen atoms in total. The first-order valence-electron chi connectivity index (χ1n) is 9.99. The van der Waals surface area contributed by atoms with Crippen molar-refractivity contribution in [2.24, 2.45) is 10.2 Å². The number of rotatable bonds is 4. The first-order valence-corrected chi connectivity index (χ1v) is 10.8. The van der Waals surface area contributed by atoms with Crippen LogP contribution in [0.25, 0.3) is 10.9 Å². The van der Waals surface area contributed by atoms with Crippen molar-refractivity contribution in [3.8, 4) is 17.4 Å². The summed E-state index contributed by atoms with van der Waals surface area (Å²) in [6, 6.07) is 22.5. The van der Waals surface area contributed by atoms with E-state index in [1.54, 1.807) is 22.8 Å². The molecule has 0 spiro atoms. The van der Waals surface area contributed by atoms with Crippen LogP contribution < -0.4 is 9.47 Å². The third-order valence-electron chi connectivity index (χ3n) is 5.19. The zero-order chi connectivity index (χ0) is 22.1. The predicted octanol–water partition coefficient (Wildman–Crippen LogP) is 5.61. The maximum Gasteiger partial charge on any atom is 0.308 e. The van der Waals surface area contributed by atoms with E-state index < -0.39 is 12.0 Å². The first-order chi connectivity index (χ1) is 15.6. The second kappa shape index (κ2) is 8.47. The number of azo groups is 1. The molecule has 0 fully saturated rings. The van der Waals surface area contributed by atoms with Gasteiger partial charge in [0.2, 0.25) is 12.0 Å². The Morgan fingerprint density at radius 2 is 1.81 bits per heavy atom. The molecular weight excluding hydrogens is 474 g/mol. The van der Waals surface area contributed by atoms with E-state index in [1.807, 2.05) is 54.6 Å². The molecule has 0 bridgehead atoms. The van der Waals surface area contributed by atoms with Crippen molar-refractivity contribution in [3.05, 3.63) is 82.8 Å². The van der Waals surface area contributed by atoms with E-state index in [-0.39, 0.29) is 18.2 Å². The van der Waals surface area contributed by atoms with E-state index in [0.29, 0.717) is 23.4 Å². The second-order valence-corrected chi connectivity index (χ2v) is 8.22. The van der Waals surface area contributed by atoms with Crippen molar-refractivity contribution >= 4 is 38.4 Å². The van der Waals surface area contributed by atoms with Gasteiger partial charge in [0.15, 0.2) is 17.2 Å². The summed E-state index contributed by atoms with van der Waals surface area (Å²) in [5, 5.41) is 19.6. The maximum absolute atomic E-state index is 12.6. The summed E-state index contributed by atoms with van der Waals surface area (Å²) < 4.78 is 13.8. The van der Waals surface area contributed by atoms with Crippen molar-refractivity contribution in [2.75, 3.05) is 6.61 Å². The molecule has 0 radical (unpaired) electrons. The number of amides is 1. The highest BCUT2D eigenvalue weighted by Gasteiger charge is 2.28. The van der Waals surface area contributed by atoms with E-state index >= 15 is 0 Å². The Bertz CT molecular complexity index is 1330. The number of fused-ring (bicyclic) bond motifs is 2. The van der Waals surface area contributed by atoms with Crippen LogP contribution in [0.2, 0.25) is 0 Å². The van der Waals surface area contributed by atoms with Gasteiger partial charge in [-0.25, -0.2) is 0 Å². The minimum Gasteiger partial charge on any atom is -0.493 e. The molecule has 2 heterocycles. The standard InChI is InChI=1S/C24H18BrN3O4/c25-16-10-11-18-17(12-16)22(24(30)28(18)13-15-6-2-1-3-7-15)26-27-23(29)21-14-31-19-8-4-5-9-20(19)32-21/h1-12,21,30H,13-14H2. The Hall–Kier alpha value is -3.65. The van der Waals surface area contributed by atoms with Crippen LogP contribution in [0.15, 0.2) is 87.5 Å². The van der Waals surface area contributed by atoms with Gasteiger partial charge in [0, 0.05) is 9.86 Å². The predicted molar refractivity (Wildman–Crippen MR) is 123 cm³/mol. The smallest absolute Gasteiger partial charge is 0.308 e. The van der Waals surface area contributed by atoms with Crippen LogP contribution in [0.3, 0.4) is 0 Å². The summed E-state index contributed by atoms with van der Waals surface area (Å²) in [6.07, 6.45) is -0.903. The average Bonchev–Trinajstić information content (AvgIpc) is 3.07. The van der Waals surface area contributed by atoms with Crippen LogP contribution in [0, 0.1) is 0 Å². The highest BCUT2D eigenvalue weighted by molar-refractivity contribution is 9.10. The first kappa shape index (κ1) is 20.3. The molecule has 0 saturated heterocycles. The number of benzene rings is 3. The molecule has 1 aromatic heterocycles. The average molecular weight is 492 g/mol. The van der Waals surface area contributed by atoms with E-state index in [2.05, 4.69) is 26.2 Å². The van der Waals surface area contributed by atoms with Crippen LogP contribution in [0.1, 0.15) is 5.56 Å². The van der Waals surface area contributed by atoms with Gasteiger partial charge in [-0.3, -0.25) is 4.79 Å². The number of halogens is 1. The zero-order valence-corrected chi connectivity index (χ0v) is 18.4. The number of hydrogen-bond acceptors (Lipinski definition) is 5. The van der Waals surface area contributed by atoms with Crippen LogP contribution in [-0.4, -0.2) is 28.3 Å². The van der Waals surface area contributed by atoms with Gasteiger partial charge in [-0.2, -0.15) is 0 Å². The van der Waals surface area contributed by atoms with E-state index in [4.69, 9.17) is 9.47 Å². The van der Waals surface area contributed by atoms with Crippen molar-refractivity contribution in [3.63, 3.8) is 0 Å². The molecule has 1 amide bonds. The summed E-state index contributed by atoms with van der Waals surface area (Å²) in [5.74, 6) is 0.418. The van der Waals surface area contributed by atoms with Gasteiger partial charge < -0.3 is 19.1 Å². The minimum absolute atomic E-state index is 0.0438. The molecule has 8 heteroatoms. The van der Waals surface area contributed by atoms with Crippen LogP contribution in [-0.2, 0) is 11.3 Å². The molecule has 1 N–H and O–H groups in total. The Morgan fingerprint density at radius 1 is 1.06 bits per heavy atom. The monoisotopic (exact) mass is 491 g/mol. The summed E-state index contributed by atoms with van der Waals surface area (Å²) in [6.45, 7) is 0.493. The van der Waals surface area contributed by atoms with E-state index in [1.165, 1.54) is 0 Å². The molecule has 32 heavy (non-hydrogen) atoms. The van der Waals surface area contributed by atoms with Crippen molar-refractivity contribution in [2.45, 2.75) is 12.6 Å². The van der Waals surface area contributed by atoms with Crippen molar-refractivity contribution in [1.82, 2.24) is 4.57 Å². The molecule has 5 rings (SSSR count). The Morgan fingerprint density at radius 3 is 2.62 bits per heavy atom. The van der Waals surface area contributed by atoms with Crippen molar-refractivity contribution < 1.29 is 19.4 Å². The molecule has 1 atom stereocenters. The molecular formula is C24H18BrN3O4. The SMILES string of the molecule is O=C(N=Nc1c(O)n(Cc2ccccc2)c2ccc(Br)cc12)C1COc2ccccc2O1. The minimum atomic E-state index is -0.903. The number of para-hydroxylation sites is 2. The van der Waals surface area contributed by atoms with Gasteiger partial charge in [0.1, 0.15) is 6.61 Å². The molecule has 1 unspecified atom stereocenters. The number of aromatic nitrogens is 1. The topological polar surface area (TPSA) is 85.4 Å². The van der Waals surface area contributed by atoms with Crippen LogP contribution in [0.4, 0.5) is 5.69 Å². The number of carbonyl (C=O) groups is 1. The number of carbonyl (C=O) groups excluding carboxylic acids is 1. The number of hydrogen-bond donors (Lipinski definition) is 1. The van der Waals surface area contributed by atoms with Crippen LogP contribution >= 0.6 is 15.9 Å². The lowest BCUT2D eigenvalue weighted by Crippen LogP contribution is -2.35. The normalized spacial score (nSPS) is 15.3. The zero-order valence-electron chi connectivity index (χ0n) is 16.8. The third kappa shape index (κ3) is 3.85. The number of ether oxygens (including phenoxy) is 2. The lowest BCUT2D eigenvalue weighted by molar-refractivity contribution is -0.127. The highest BCUT2D eigenvalue weighted by Crippen LogP contribution is 2.40. The fraction of sp³-hybridized carbons (Fsp3) is 0.125. The van der Waals surface area contributed by atoms with Gasteiger partial charge in [0.25, 0.3) is 0 Å². The van der Waals surface area contributed by atoms with Gasteiger partial charge in [-0.15, -0.1) is 10.2 Å². The number of nitrogens with zero attached hydrogens (tertiary/aromatic N) is 3. The quantitative estimate of drug-likeness (QED) is 0.376. The fourth-order valence-corrected chi connectivity index (χ4v) is 3.99. The third-order valence-corrected chi connectivity index (χ3v) is 5.68. The Balaban J connectivity index is 1.46. The van der Waals surface area contributed by atoms with Gasteiger partial charge in [-0.1, -0.05) is 58.4 Å². The lowest BCUT2D eigenvalue weighted by Gasteiger charge is -2.23. The molecule has 0 aliphatic carbocycles. The number of aromatic hydroxyl groups is 1. The van der Waals surface area contributed by atoms with E-state index in [0.717, 1.165) is 15.6 Å². The summed E-state index contributed by atoms with van der Waals surface area (Å²) in [7, 11) is 0. The van der Waals surface area contributed by atoms with Crippen molar-refractivity contribution in [1.29, 1.82) is 0 Å². The van der Waals surface area contributed by atoms with Gasteiger partial charge in [-0.05, 0) is 35.9 Å². The second-order valence-electron chi connectivity index (χ2n) is 7.31. The largest absolute Gasteiger partial charge is 0.493 e.